The Balaban J connectivity index is 1.03. The number of Topliss-reactive ketones (excluding diaryl/α,β-unsaturated/α-hetero) is 1. The van der Waals surface area contributed by atoms with E-state index in [4.69, 9.17) is 13.9 Å². The third-order valence-corrected chi connectivity index (χ3v) is 6.60. The maximum atomic E-state index is 12.4. The summed E-state index contributed by atoms with van der Waals surface area (Å²) in [6.45, 7) is 4.22. The second kappa shape index (κ2) is 11.1. The minimum atomic E-state index is -0.271. The molecular formula is C26H32N4O4. The summed E-state index contributed by atoms with van der Waals surface area (Å²) in [5, 5.41) is 4.69. The molecular weight excluding hydrogens is 432 g/mol. The lowest BCUT2D eigenvalue weighted by Crippen LogP contribution is -2.38. The Labute approximate surface area is 199 Å². The highest BCUT2D eigenvalue weighted by Crippen LogP contribution is 2.22. The van der Waals surface area contributed by atoms with Crippen LogP contribution in [-0.2, 0) is 16.0 Å². The van der Waals surface area contributed by atoms with Gasteiger partial charge in [0, 0.05) is 37.5 Å². The normalized spacial score (nSPS) is 19.5. The first-order valence-electron chi connectivity index (χ1n) is 12.3. The van der Waals surface area contributed by atoms with Gasteiger partial charge in [-0.3, -0.25) is 4.79 Å². The number of piperidine rings is 1. The van der Waals surface area contributed by atoms with Gasteiger partial charge in [0.05, 0.1) is 12.1 Å². The van der Waals surface area contributed by atoms with Crippen LogP contribution in [0.3, 0.4) is 0 Å². The zero-order valence-electron chi connectivity index (χ0n) is 19.4. The number of furan rings is 1. The van der Waals surface area contributed by atoms with Crippen LogP contribution in [0.4, 0.5) is 5.95 Å². The summed E-state index contributed by atoms with van der Waals surface area (Å²) < 4.78 is 17.0. The van der Waals surface area contributed by atoms with E-state index in [1.807, 2.05) is 18.2 Å². The van der Waals surface area contributed by atoms with Crippen LogP contribution in [0, 0.1) is 5.92 Å². The van der Waals surface area contributed by atoms with Crippen LogP contribution < -0.4 is 10.2 Å². The molecule has 8 heteroatoms. The second-order valence-electron chi connectivity index (χ2n) is 9.11. The molecule has 0 saturated carbocycles. The van der Waals surface area contributed by atoms with Gasteiger partial charge < -0.3 is 24.1 Å². The summed E-state index contributed by atoms with van der Waals surface area (Å²) in [5.41, 5.74) is 1.41. The van der Waals surface area contributed by atoms with Gasteiger partial charge >= 0.3 is 0 Å². The molecule has 5 rings (SSSR count). The molecule has 180 valence electrons. The molecule has 0 aliphatic carbocycles. The lowest BCUT2D eigenvalue weighted by Gasteiger charge is -2.32. The molecule has 2 aromatic heterocycles. The number of carbonyl (C=O) groups excluding carboxylic acids is 1. The number of fused-ring (bicyclic) bond motifs is 1. The van der Waals surface area contributed by atoms with Crippen molar-refractivity contribution < 1.29 is 18.7 Å². The van der Waals surface area contributed by atoms with Gasteiger partial charge in [0.1, 0.15) is 18.0 Å². The molecule has 0 amide bonds. The van der Waals surface area contributed by atoms with Crippen molar-refractivity contribution in [2.45, 2.75) is 44.9 Å². The number of anilines is 1. The molecule has 1 atom stereocenters. The summed E-state index contributed by atoms with van der Waals surface area (Å²) in [4.78, 5) is 23.5. The van der Waals surface area contributed by atoms with Gasteiger partial charge in [0.25, 0.3) is 0 Å². The number of nitrogens with zero attached hydrogens (tertiary/aromatic N) is 3. The van der Waals surface area contributed by atoms with Gasteiger partial charge in [0.15, 0.2) is 12.1 Å². The van der Waals surface area contributed by atoms with E-state index in [1.165, 1.54) is 0 Å². The third kappa shape index (κ3) is 5.81. The van der Waals surface area contributed by atoms with E-state index >= 15 is 0 Å². The molecule has 34 heavy (non-hydrogen) atoms. The Hall–Kier alpha value is -2.81. The molecule has 2 saturated heterocycles. The van der Waals surface area contributed by atoms with Gasteiger partial charge in [-0.15, -0.1) is 0 Å². The first-order chi connectivity index (χ1) is 16.7. The van der Waals surface area contributed by atoms with Crippen LogP contribution >= 0.6 is 0 Å². The van der Waals surface area contributed by atoms with E-state index in [2.05, 4.69) is 32.3 Å². The summed E-state index contributed by atoms with van der Waals surface area (Å²) in [5.74, 6) is 2.15. The van der Waals surface area contributed by atoms with E-state index in [9.17, 15) is 4.79 Å². The fourth-order valence-corrected chi connectivity index (χ4v) is 4.58. The van der Waals surface area contributed by atoms with Crippen molar-refractivity contribution in [3.63, 3.8) is 0 Å². The number of rotatable bonds is 9. The molecule has 0 spiro atoms. The predicted octanol–water partition coefficient (Wildman–Crippen LogP) is 3.95. The number of para-hydroxylation sites is 1. The zero-order chi connectivity index (χ0) is 23.2. The Kier molecular flexibility index (Phi) is 7.48. The summed E-state index contributed by atoms with van der Waals surface area (Å²) in [7, 11) is 0. The molecule has 1 N–H and O–H groups in total. The van der Waals surface area contributed by atoms with Crippen molar-refractivity contribution in [1.82, 2.24) is 15.3 Å². The zero-order valence-corrected chi connectivity index (χ0v) is 19.4. The van der Waals surface area contributed by atoms with Crippen LogP contribution in [0.5, 0.6) is 0 Å². The Morgan fingerprint density at radius 2 is 1.94 bits per heavy atom. The number of nitrogens with one attached hydrogen (secondary N) is 1. The number of aromatic nitrogens is 2. The number of ether oxygens (including phenoxy) is 2. The summed E-state index contributed by atoms with van der Waals surface area (Å²) >= 11 is 0. The highest BCUT2D eigenvalue weighted by molar-refractivity contribution is 5.96. The van der Waals surface area contributed by atoms with Gasteiger partial charge in [-0.05, 0) is 56.7 Å². The fraction of sp³-hybridized carbons (Fsp3) is 0.500. The molecule has 1 unspecified atom stereocenters. The maximum absolute atomic E-state index is 12.4. The van der Waals surface area contributed by atoms with Crippen molar-refractivity contribution in [2.75, 3.05) is 37.7 Å². The number of benzene rings is 1. The van der Waals surface area contributed by atoms with E-state index in [1.54, 1.807) is 12.4 Å². The number of ketones is 1. The lowest BCUT2D eigenvalue weighted by atomic mass is 9.97. The summed E-state index contributed by atoms with van der Waals surface area (Å²) in [6.07, 6.45) is 8.07. The smallest absolute Gasteiger partial charge is 0.225 e. The molecule has 0 radical (unpaired) electrons. The number of hydrogen-bond donors (Lipinski definition) is 1. The van der Waals surface area contributed by atoms with Gasteiger partial charge in [-0.1, -0.05) is 18.2 Å². The summed E-state index contributed by atoms with van der Waals surface area (Å²) in [6, 6.07) is 10.2. The molecule has 1 aromatic carbocycles. The minimum Gasteiger partial charge on any atom is -0.460 e. The SMILES string of the molecule is O=C(COC1CCCCO1)c1cnc(N2CCC(CNCc3cc4ccccc4o3)CC2)nc1. The quantitative estimate of drug-likeness (QED) is 0.476. The van der Waals surface area contributed by atoms with Crippen molar-refractivity contribution in [1.29, 1.82) is 0 Å². The first-order valence-corrected chi connectivity index (χ1v) is 12.3. The van der Waals surface area contributed by atoms with Gasteiger partial charge in [0.2, 0.25) is 5.95 Å². The minimum absolute atomic E-state index is 0.000199. The standard InChI is InChI=1S/C26H32N4O4/c31-23(18-33-25-7-3-4-12-32-25)21-15-28-26(29-16-21)30-10-8-19(9-11-30)14-27-17-22-13-20-5-1-2-6-24(20)34-22/h1-2,5-6,13,15-16,19,25,27H,3-4,7-12,14,17-18H2. The van der Waals surface area contributed by atoms with Gasteiger partial charge in [-0.2, -0.15) is 0 Å². The molecule has 8 nitrogen and oxygen atoms in total. The molecule has 0 bridgehead atoms. The first kappa shape index (κ1) is 23.0. The largest absolute Gasteiger partial charge is 0.460 e. The average Bonchev–Trinajstić information content (AvgIpc) is 3.31. The van der Waals surface area contributed by atoms with E-state index in [0.29, 0.717) is 24.0 Å². The van der Waals surface area contributed by atoms with E-state index in [-0.39, 0.29) is 18.7 Å². The highest BCUT2D eigenvalue weighted by Gasteiger charge is 2.22. The maximum Gasteiger partial charge on any atom is 0.225 e. The Morgan fingerprint density at radius 3 is 2.71 bits per heavy atom. The monoisotopic (exact) mass is 464 g/mol. The number of hydrogen-bond acceptors (Lipinski definition) is 8. The molecule has 2 fully saturated rings. The van der Waals surface area contributed by atoms with E-state index in [0.717, 1.165) is 75.0 Å². The molecule has 4 heterocycles. The van der Waals surface area contributed by atoms with Crippen molar-refractivity contribution >= 4 is 22.7 Å². The predicted molar refractivity (Wildman–Crippen MR) is 129 cm³/mol. The van der Waals surface area contributed by atoms with Crippen LogP contribution in [0.1, 0.15) is 48.2 Å². The average molecular weight is 465 g/mol. The molecule has 2 aliphatic heterocycles. The second-order valence-corrected chi connectivity index (χ2v) is 9.11. The van der Waals surface area contributed by atoms with Crippen LogP contribution in [0.25, 0.3) is 11.0 Å². The molecule has 3 aromatic rings. The van der Waals surface area contributed by atoms with Crippen LogP contribution in [0.15, 0.2) is 47.1 Å². The Bertz CT molecular complexity index is 1040. The van der Waals surface area contributed by atoms with Crippen LogP contribution in [0.2, 0.25) is 0 Å². The fourth-order valence-electron chi connectivity index (χ4n) is 4.58. The Morgan fingerprint density at radius 1 is 1.12 bits per heavy atom. The third-order valence-electron chi connectivity index (χ3n) is 6.60. The van der Waals surface area contributed by atoms with E-state index < -0.39 is 0 Å². The number of carbonyl (C=O) groups is 1. The molecule has 2 aliphatic rings. The topological polar surface area (TPSA) is 89.7 Å². The van der Waals surface area contributed by atoms with Gasteiger partial charge in [-0.25, -0.2) is 9.97 Å². The van der Waals surface area contributed by atoms with Crippen molar-refractivity contribution in [2.24, 2.45) is 5.92 Å². The lowest BCUT2D eigenvalue weighted by molar-refractivity contribution is -0.155. The highest BCUT2D eigenvalue weighted by atomic mass is 16.7. The van der Waals surface area contributed by atoms with Crippen molar-refractivity contribution in [3.8, 4) is 0 Å². The van der Waals surface area contributed by atoms with Crippen molar-refractivity contribution in [3.05, 3.63) is 54.0 Å². The van der Waals surface area contributed by atoms with Crippen LogP contribution in [-0.4, -0.2) is 54.9 Å².